The molecule has 2 atom stereocenters. The molecule has 0 aromatic heterocycles. The van der Waals surface area contributed by atoms with E-state index in [0.717, 1.165) is 44.4 Å². The molecule has 6 nitrogen and oxygen atoms in total. The summed E-state index contributed by atoms with van der Waals surface area (Å²) in [5, 5.41) is 3.35. The number of hydrogen-bond acceptors (Lipinski definition) is 4. The van der Waals surface area contributed by atoms with Crippen molar-refractivity contribution in [3.05, 3.63) is 29.8 Å². The van der Waals surface area contributed by atoms with Gasteiger partial charge in [-0.3, -0.25) is 9.89 Å². The number of guanidine groups is 1. The second-order valence-corrected chi connectivity index (χ2v) is 8.03. The molecule has 0 amide bonds. The lowest BCUT2D eigenvalue weighted by atomic mass is 10.0. The van der Waals surface area contributed by atoms with Crippen molar-refractivity contribution in [2.45, 2.75) is 52.1 Å². The van der Waals surface area contributed by atoms with Gasteiger partial charge in [-0.15, -0.1) is 24.0 Å². The van der Waals surface area contributed by atoms with Gasteiger partial charge in [0, 0.05) is 19.1 Å². The van der Waals surface area contributed by atoms with E-state index in [2.05, 4.69) is 48.1 Å². The van der Waals surface area contributed by atoms with Crippen molar-refractivity contribution in [1.29, 1.82) is 0 Å². The molecule has 0 spiro atoms. The van der Waals surface area contributed by atoms with Gasteiger partial charge in [0.15, 0.2) is 5.96 Å². The molecule has 7 heteroatoms. The molecule has 1 aliphatic heterocycles. The van der Waals surface area contributed by atoms with E-state index in [-0.39, 0.29) is 30.0 Å². The van der Waals surface area contributed by atoms with Gasteiger partial charge in [-0.05, 0) is 37.0 Å². The zero-order chi connectivity index (χ0) is 20.4. The van der Waals surface area contributed by atoms with Crippen LogP contribution in [0.1, 0.15) is 51.6 Å². The number of hydrogen-bond donors (Lipinski definition) is 2. The van der Waals surface area contributed by atoms with Crippen LogP contribution in [-0.2, 0) is 4.74 Å². The number of aliphatic imine (C=N–C) groups is 1. The second kappa shape index (κ2) is 14.0. The standard InChI is InChI=1S/C22H38N4O2.HI/c1-17(2)6-5-7-18(3)25-22(23)24-16-21(26-12-14-28-15-13-26)19-8-10-20(27-4)11-9-19;/h8-11,17-18,21H,5-7,12-16H2,1-4H3,(H3,23,24,25);1H. The van der Waals surface area contributed by atoms with E-state index >= 15 is 0 Å². The molecule has 1 aromatic carbocycles. The van der Waals surface area contributed by atoms with Crippen LogP contribution in [0.5, 0.6) is 5.75 Å². The van der Waals surface area contributed by atoms with Gasteiger partial charge in [0.1, 0.15) is 5.75 Å². The average molecular weight is 518 g/mol. The second-order valence-electron chi connectivity index (χ2n) is 8.03. The van der Waals surface area contributed by atoms with Crippen molar-refractivity contribution < 1.29 is 9.47 Å². The molecule has 0 radical (unpaired) electrons. The smallest absolute Gasteiger partial charge is 0.188 e. The predicted molar refractivity (Wildman–Crippen MR) is 131 cm³/mol. The number of nitrogens with two attached hydrogens (primary N) is 1. The van der Waals surface area contributed by atoms with Gasteiger partial charge in [0.05, 0.1) is 32.9 Å². The van der Waals surface area contributed by atoms with Crippen LogP contribution in [0.2, 0.25) is 0 Å². The summed E-state index contributed by atoms with van der Waals surface area (Å²) in [6.45, 7) is 10.7. The molecular formula is C22H39IN4O2. The number of benzene rings is 1. The molecule has 3 N–H and O–H groups in total. The van der Waals surface area contributed by atoms with Gasteiger partial charge in [-0.25, -0.2) is 0 Å². The highest BCUT2D eigenvalue weighted by Crippen LogP contribution is 2.24. The van der Waals surface area contributed by atoms with Crippen molar-refractivity contribution in [3.63, 3.8) is 0 Å². The minimum absolute atomic E-state index is 0. The minimum Gasteiger partial charge on any atom is -0.497 e. The number of nitrogens with zero attached hydrogens (tertiary/aromatic N) is 2. The molecule has 0 saturated carbocycles. The topological polar surface area (TPSA) is 72.1 Å². The summed E-state index contributed by atoms with van der Waals surface area (Å²) in [7, 11) is 1.69. The van der Waals surface area contributed by atoms with Gasteiger partial charge in [-0.1, -0.05) is 38.8 Å². The van der Waals surface area contributed by atoms with Crippen LogP contribution in [0.15, 0.2) is 29.3 Å². The predicted octanol–water partition coefficient (Wildman–Crippen LogP) is 3.81. The normalized spacial score (nSPS) is 17.5. The highest BCUT2D eigenvalue weighted by molar-refractivity contribution is 14.0. The van der Waals surface area contributed by atoms with Gasteiger partial charge in [-0.2, -0.15) is 0 Å². The monoisotopic (exact) mass is 518 g/mol. The van der Waals surface area contributed by atoms with Crippen LogP contribution < -0.4 is 15.8 Å². The Morgan fingerprint density at radius 3 is 2.41 bits per heavy atom. The van der Waals surface area contributed by atoms with Crippen molar-refractivity contribution in [2.75, 3.05) is 40.0 Å². The van der Waals surface area contributed by atoms with Crippen LogP contribution in [0.4, 0.5) is 0 Å². The van der Waals surface area contributed by atoms with Crippen LogP contribution in [0.3, 0.4) is 0 Å². The molecular weight excluding hydrogens is 479 g/mol. The van der Waals surface area contributed by atoms with E-state index in [1.807, 2.05) is 12.1 Å². The molecule has 0 bridgehead atoms. The number of ether oxygens (including phenoxy) is 2. The molecule has 1 fully saturated rings. The first-order valence-electron chi connectivity index (χ1n) is 10.5. The molecule has 2 rings (SSSR count). The molecule has 1 aromatic rings. The lowest BCUT2D eigenvalue weighted by molar-refractivity contribution is 0.0179. The maximum Gasteiger partial charge on any atom is 0.188 e. The highest BCUT2D eigenvalue weighted by Gasteiger charge is 2.22. The van der Waals surface area contributed by atoms with E-state index < -0.39 is 0 Å². The summed E-state index contributed by atoms with van der Waals surface area (Å²) in [5.74, 6) is 2.14. The van der Waals surface area contributed by atoms with E-state index in [1.165, 1.54) is 18.4 Å². The Hall–Kier alpha value is -1.06. The quantitative estimate of drug-likeness (QED) is 0.280. The fraction of sp³-hybridized carbons (Fsp3) is 0.682. The Bertz CT molecular complexity index is 589. The zero-order valence-electron chi connectivity index (χ0n) is 18.4. The van der Waals surface area contributed by atoms with E-state index in [9.17, 15) is 0 Å². The molecule has 1 aliphatic rings. The number of rotatable bonds is 10. The third-order valence-corrected chi connectivity index (χ3v) is 5.23. The van der Waals surface area contributed by atoms with Crippen molar-refractivity contribution in [1.82, 2.24) is 10.2 Å². The Morgan fingerprint density at radius 2 is 1.83 bits per heavy atom. The molecule has 1 heterocycles. The summed E-state index contributed by atoms with van der Waals surface area (Å²) >= 11 is 0. The van der Waals surface area contributed by atoms with Crippen LogP contribution in [0, 0.1) is 5.92 Å². The fourth-order valence-electron chi connectivity index (χ4n) is 3.53. The summed E-state index contributed by atoms with van der Waals surface area (Å²) in [6.07, 6.45) is 3.57. The molecule has 1 saturated heterocycles. The van der Waals surface area contributed by atoms with Crippen LogP contribution >= 0.6 is 24.0 Å². The van der Waals surface area contributed by atoms with Gasteiger partial charge < -0.3 is 20.5 Å². The van der Waals surface area contributed by atoms with Gasteiger partial charge >= 0.3 is 0 Å². The first-order chi connectivity index (χ1) is 13.5. The Labute approximate surface area is 193 Å². The lowest BCUT2D eigenvalue weighted by Gasteiger charge is -2.34. The van der Waals surface area contributed by atoms with Gasteiger partial charge in [0.25, 0.3) is 0 Å². The Balaban J connectivity index is 0.00000420. The number of nitrogens with one attached hydrogen (secondary N) is 1. The molecule has 29 heavy (non-hydrogen) atoms. The summed E-state index contributed by atoms with van der Waals surface area (Å²) in [5.41, 5.74) is 7.41. The molecule has 2 unspecified atom stereocenters. The maximum atomic E-state index is 6.18. The fourth-order valence-corrected chi connectivity index (χ4v) is 3.53. The molecule has 0 aliphatic carbocycles. The van der Waals surface area contributed by atoms with Crippen molar-refractivity contribution in [3.8, 4) is 5.75 Å². The van der Waals surface area contributed by atoms with Crippen molar-refractivity contribution >= 4 is 29.9 Å². The summed E-state index contributed by atoms with van der Waals surface area (Å²) in [6, 6.07) is 8.77. The molecule has 166 valence electrons. The van der Waals surface area contributed by atoms with Crippen LogP contribution in [-0.4, -0.2) is 56.9 Å². The van der Waals surface area contributed by atoms with E-state index in [0.29, 0.717) is 18.5 Å². The number of morpholine rings is 1. The van der Waals surface area contributed by atoms with Crippen LogP contribution in [0.25, 0.3) is 0 Å². The Morgan fingerprint density at radius 1 is 1.17 bits per heavy atom. The lowest BCUT2D eigenvalue weighted by Crippen LogP contribution is -2.42. The zero-order valence-corrected chi connectivity index (χ0v) is 20.7. The van der Waals surface area contributed by atoms with E-state index in [1.54, 1.807) is 7.11 Å². The number of halogens is 1. The third kappa shape index (κ3) is 9.53. The highest BCUT2D eigenvalue weighted by atomic mass is 127. The summed E-state index contributed by atoms with van der Waals surface area (Å²) < 4.78 is 10.8. The summed E-state index contributed by atoms with van der Waals surface area (Å²) in [4.78, 5) is 7.10. The average Bonchev–Trinajstić information content (AvgIpc) is 2.69. The SMILES string of the molecule is COc1ccc(C(CN=C(N)NC(C)CCCC(C)C)N2CCOCC2)cc1.I. The third-order valence-electron chi connectivity index (χ3n) is 5.23. The first kappa shape index (κ1) is 26.0. The minimum atomic E-state index is 0. The van der Waals surface area contributed by atoms with E-state index in [4.69, 9.17) is 15.2 Å². The first-order valence-corrected chi connectivity index (χ1v) is 10.5. The Kier molecular flexibility index (Phi) is 12.6. The maximum absolute atomic E-state index is 6.18. The number of methoxy groups -OCH3 is 1. The van der Waals surface area contributed by atoms with Crippen molar-refractivity contribution in [2.24, 2.45) is 16.6 Å². The largest absolute Gasteiger partial charge is 0.497 e. The van der Waals surface area contributed by atoms with Gasteiger partial charge in [0.2, 0.25) is 0 Å².